The molecule has 1 N–H and O–H groups in total. The molecule has 1 heterocycles. The number of carbonyl (C=O) groups is 2. The molecule has 0 saturated heterocycles. The van der Waals surface area contributed by atoms with Crippen LogP contribution in [-0.2, 0) is 16.1 Å². The Bertz CT molecular complexity index is 719. The highest BCUT2D eigenvalue weighted by Gasteiger charge is 2.19. The van der Waals surface area contributed by atoms with E-state index in [2.05, 4.69) is 10.3 Å². The van der Waals surface area contributed by atoms with Crippen LogP contribution in [0.15, 0.2) is 36.5 Å². The zero-order chi connectivity index (χ0) is 17.7. The van der Waals surface area contributed by atoms with E-state index in [1.54, 1.807) is 6.20 Å². The van der Waals surface area contributed by atoms with E-state index in [0.717, 1.165) is 28.1 Å². The quantitative estimate of drug-likeness (QED) is 0.919. The van der Waals surface area contributed by atoms with Gasteiger partial charge in [0, 0.05) is 13.1 Å². The van der Waals surface area contributed by atoms with E-state index in [0.29, 0.717) is 6.54 Å². The minimum Gasteiger partial charge on any atom is -0.349 e. The Labute approximate surface area is 142 Å². The van der Waals surface area contributed by atoms with Gasteiger partial charge in [0.2, 0.25) is 11.8 Å². The summed E-state index contributed by atoms with van der Waals surface area (Å²) in [6.45, 7) is 7.74. The number of hydrogen-bond donors (Lipinski definition) is 1. The molecule has 5 heteroatoms. The molecule has 1 aromatic heterocycles. The molecule has 24 heavy (non-hydrogen) atoms. The summed E-state index contributed by atoms with van der Waals surface area (Å²) in [4.78, 5) is 30.0. The minimum absolute atomic E-state index is 0.00704. The number of anilines is 1. The molecule has 0 aliphatic carbocycles. The van der Waals surface area contributed by atoms with Crippen LogP contribution in [0, 0.1) is 20.8 Å². The summed E-state index contributed by atoms with van der Waals surface area (Å²) in [7, 11) is 0. The molecule has 0 unspecified atom stereocenters. The largest absolute Gasteiger partial charge is 0.349 e. The molecule has 0 spiro atoms. The number of nitrogens with zero attached hydrogens (tertiary/aromatic N) is 2. The smallest absolute Gasteiger partial charge is 0.240 e. The number of rotatable bonds is 5. The predicted octanol–water partition coefficient (Wildman–Crippen LogP) is 2.68. The Morgan fingerprint density at radius 3 is 2.33 bits per heavy atom. The number of aromatic nitrogens is 1. The van der Waals surface area contributed by atoms with Crippen molar-refractivity contribution in [1.82, 2.24) is 10.3 Å². The number of hydrogen-bond acceptors (Lipinski definition) is 3. The molecule has 0 atom stereocenters. The van der Waals surface area contributed by atoms with Crippen molar-refractivity contribution in [3.05, 3.63) is 58.9 Å². The zero-order valence-corrected chi connectivity index (χ0v) is 14.6. The van der Waals surface area contributed by atoms with Crippen molar-refractivity contribution in [2.45, 2.75) is 34.2 Å². The molecule has 2 rings (SSSR count). The van der Waals surface area contributed by atoms with Crippen molar-refractivity contribution in [1.29, 1.82) is 0 Å². The Morgan fingerprint density at radius 2 is 1.79 bits per heavy atom. The average molecular weight is 325 g/mol. The Hall–Kier alpha value is -2.69. The molecule has 0 fully saturated rings. The SMILES string of the molecule is CC(=O)N(CC(=O)NCc1ccccn1)c1c(C)cc(C)cc1C. The average Bonchev–Trinajstić information content (AvgIpc) is 2.52. The van der Waals surface area contributed by atoms with E-state index in [-0.39, 0.29) is 18.4 Å². The van der Waals surface area contributed by atoms with Gasteiger partial charge in [-0.05, 0) is 44.0 Å². The maximum absolute atomic E-state index is 12.3. The number of amides is 2. The molecule has 0 aliphatic heterocycles. The maximum Gasteiger partial charge on any atom is 0.240 e. The van der Waals surface area contributed by atoms with Crippen molar-refractivity contribution >= 4 is 17.5 Å². The molecule has 126 valence electrons. The van der Waals surface area contributed by atoms with E-state index in [1.807, 2.05) is 51.1 Å². The summed E-state index contributed by atoms with van der Waals surface area (Å²) in [6, 6.07) is 9.58. The predicted molar refractivity (Wildman–Crippen MR) is 94.8 cm³/mol. The van der Waals surface area contributed by atoms with E-state index in [4.69, 9.17) is 0 Å². The van der Waals surface area contributed by atoms with Gasteiger partial charge in [-0.2, -0.15) is 0 Å². The van der Waals surface area contributed by atoms with Crippen molar-refractivity contribution in [2.75, 3.05) is 11.4 Å². The summed E-state index contributed by atoms with van der Waals surface area (Å²) in [5.41, 5.74) is 4.70. The number of benzene rings is 1. The molecule has 0 bridgehead atoms. The molecular formula is C19H23N3O2. The third-order valence-corrected chi connectivity index (χ3v) is 3.78. The number of nitrogens with one attached hydrogen (secondary N) is 1. The molecule has 1 aromatic carbocycles. The summed E-state index contributed by atoms with van der Waals surface area (Å²) < 4.78 is 0. The normalized spacial score (nSPS) is 10.3. The van der Waals surface area contributed by atoms with Crippen LogP contribution in [0.3, 0.4) is 0 Å². The molecule has 0 saturated carbocycles. The van der Waals surface area contributed by atoms with Crippen molar-refractivity contribution in [3.8, 4) is 0 Å². The van der Waals surface area contributed by atoms with Gasteiger partial charge in [-0.1, -0.05) is 23.8 Å². The summed E-state index contributed by atoms with van der Waals surface area (Å²) in [5, 5.41) is 2.81. The fraction of sp³-hybridized carbons (Fsp3) is 0.316. The maximum atomic E-state index is 12.3. The molecule has 5 nitrogen and oxygen atoms in total. The van der Waals surface area contributed by atoms with Gasteiger partial charge in [-0.3, -0.25) is 14.6 Å². The molecule has 0 radical (unpaired) electrons. The van der Waals surface area contributed by atoms with Gasteiger partial charge < -0.3 is 10.2 Å². The van der Waals surface area contributed by atoms with Gasteiger partial charge in [-0.15, -0.1) is 0 Å². The van der Waals surface area contributed by atoms with Crippen molar-refractivity contribution < 1.29 is 9.59 Å². The lowest BCUT2D eigenvalue weighted by molar-refractivity contribution is -0.123. The second kappa shape index (κ2) is 7.73. The lowest BCUT2D eigenvalue weighted by Crippen LogP contribution is -2.40. The lowest BCUT2D eigenvalue weighted by Gasteiger charge is -2.25. The van der Waals surface area contributed by atoms with E-state index in [1.165, 1.54) is 11.8 Å². The fourth-order valence-corrected chi connectivity index (χ4v) is 2.84. The van der Waals surface area contributed by atoms with Gasteiger partial charge in [0.25, 0.3) is 0 Å². The van der Waals surface area contributed by atoms with Gasteiger partial charge in [0.05, 0.1) is 17.9 Å². The molecule has 2 aromatic rings. The number of carbonyl (C=O) groups excluding carboxylic acids is 2. The monoisotopic (exact) mass is 325 g/mol. The highest BCUT2D eigenvalue weighted by molar-refractivity contribution is 5.98. The first-order valence-electron chi connectivity index (χ1n) is 7.91. The first-order chi connectivity index (χ1) is 11.4. The molecule has 2 amide bonds. The highest BCUT2D eigenvalue weighted by atomic mass is 16.2. The second-order valence-corrected chi connectivity index (χ2v) is 5.95. The van der Waals surface area contributed by atoms with Crippen LogP contribution in [0.5, 0.6) is 0 Å². The van der Waals surface area contributed by atoms with Crippen LogP contribution in [-0.4, -0.2) is 23.3 Å². The number of pyridine rings is 1. The van der Waals surface area contributed by atoms with Gasteiger partial charge >= 0.3 is 0 Å². The van der Waals surface area contributed by atoms with E-state index in [9.17, 15) is 9.59 Å². The first-order valence-corrected chi connectivity index (χ1v) is 7.91. The zero-order valence-electron chi connectivity index (χ0n) is 14.6. The third kappa shape index (κ3) is 4.41. The Kier molecular flexibility index (Phi) is 5.68. The minimum atomic E-state index is -0.213. The van der Waals surface area contributed by atoms with Crippen LogP contribution in [0.1, 0.15) is 29.3 Å². The van der Waals surface area contributed by atoms with Gasteiger partial charge in [0.1, 0.15) is 6.54 Å². The van der Waals surface area contributed by atoms with Crippen LogP contribution < -0.4 is 10.2 Å². The summed E-state index contributed by atoms with van der Waals surface area (Å²) in [6.07, 6.45) is 1.68. The van der Waals surface area contributed by atoms with Crippen LogP contribution >= 0.6 is 0 Å². The standard InChI is InChI=1S/C19H23N3O2/c1-13-9-14(2)19(15(3)10-13)22(16(4)23)12-18(24)21-11-17-7-5-6-8-20-17/h5-10H,11-12H2,1-4H3,(H,21,24). The van der Waals surface area contributed by atoms with Crippen molar-refractivity contribution in [3.63, 3.8) is 0 Å². The van der Waals surface area contributed by atoms with Gasteiger partial charge in [0.15, 0.2) is 0 Å². The fourth-order valence-electron chi connectivity index (χ4n) is 2.84. The van der Waals surface area contributed by atoms with E-state index < -0.39 is 0 Å². The van der Waals surface area contributed by atoms with Gasteiger partial charge in [-0.25, -0.2) is 0 Å². The van der Waals surface area contributed by atoms with Crippen LogP contribution in [0.2, 0.25) is 0 Å². The second-order valence-electron chi connectivity index (χ2n) is 5.95. The molecule has 0 aliphatic rings. The van der Waals surface area contributed by atoms with Crippen LogP contribution in [0.25, 0.3) is 0 Å². The van der Waals surface area contributed by atoms with E-state index >= 15 is 0 Å². The number of aryl methyl sites for hydroxylation is 3. The van der Waals surface area contributed by atoms with Crippen molar-refractivity contribution in [2.24, 2.45) is 0 Å². The lowest BCUT2D eigenvalue weighted by atomic mass is 10.0. The highest BCUT2D eigenvalue weighted by Crippen LogP contribution is 2.26. The molecular weight excluding hydrogens is 302 g/mol. The Balaban J connectivity index is 2.12. The summed E-state index contributed by atoms with van der Waals surface area (Å²) >= 11 is 0. The van der Waals surface area contributed by atoms with Crippen LogP contribution in [0.4, 0.5) is 5.69 Å². The Morgan fingerprint density at radius 1 is 1.12 bits per heavy atom. The first kappa shape index (κ1) is 17.7. The summed E-state index contributed by atoms with van der Waals surface area (Å²) in [5.74, 6) is -0.367. The third-order valence-electron chi connectivity index (χ3n) is 3.78. The topological polar surface area (TPSA) is 62.3 Å².